The summed E-state index contributed by atoms with van der Waals surface area (Å²) < 4.78 is 2.95. The van der Waals surface area contributed by atoms with Crippen LogP contribution in [0.2, 0.25) is 0 Å². The fourth-order valence-electron chi connectivity index (χ4n) is 1.82. The molecule has 0 amide bonds. The molecule has 0 aliphatic rings. The molecule has 0 radical (unpaired) electrons. The number of rotatable bonds is 4. The number of fused-ring (bicyclic) bond motifs is 1. The third kappa shape index (κ3) is 3.17. The van der Waals surface area contributed by atoms with Crippen molar-refractivity contribution in [3.05, 3.63) is 16.6 Å². The molecule has 0 aromatic carbocycles. The number of aromatic nitrogens is 5. The van der Waals surface area contributed by atoms with Gasteiger partial charge in [-0.2, -0.15) is 5.10 Å². The summed E-state index contributed by atoms with van der Waals surface area (Å²) in [5, 5.41) is 15.9. The Balaban J connectivity index is 2.06. The monoisotopic (exact) mass is 264 g/mol. The van der Waals surface area contributed by atoms with Crippen molar-refractivity contribution in [2.75, 3.05) is 6.54 Å². The summed E-state index contributed by atoms with van der Waals surface area (Å²) in [7, 11) is 1.74. The molecule has 2 aromatic rings. The number of aryl methyl sites for hydroxylation is 2. The molecule has 7 nitrogen and oxygen atoms in total. The van der Waals surface area contributed by atoms with Crippen molar-refractivity contribution in [3.8, 4) is 0 Å². The first-order valence-electron chi connectivity index (χ1n) is 6.39. The molecule has 2 aromatic heterocycles. The molecule has 0 saturated heterocycles. The first-order valence-corrected chi connectivity index (χ1v) is 6.39. The molecule has 104 valence electrons. The van der Waals surface area contributed by atoms with Crippen LogP contribution >= 0.6 is 0 Å². The minimum Gasteiger partial charge on any atom is -0.312 e. The summed E-state index contributed by atoms with van der Waals surface area (Å²) in [5.41, 5.74) is 0.479. The van der Waals surface area contributed by atoms with Gasteiger partial charge in [-0.15, -0.1) is 5.10 Å². The van der Waals surface area contributed by atoms with Gasteiger partial charge in [0.25, 0.3) is 5.56 Å². The number of nitrogens with zero attached hydrogens (tertiary/aromatic N) is 5. The maximum absolute atomic E-state index is 12.1. The molecule has 0 aliphatic heterocycles. The summed E-state index contributed by atoms with van der Waals surface area (Å²) in [6.07, 6.45) is 2.37. The van der Waals surface area contributed by atoms with Gasteiger partial charge in [-0.1, -0.05) is 5.21 Å². The van der Waals surface area contributed by atoms with Crippen LogP contribution in [-0.2, 0) is 13.6 Å². The van der Waals surface area contributed by atoms with E-state index in [1.54, 1.807) is 11.7 Å². The van der Waals surface area contributed by atoms with Gasteiger partial charge in [0.1, 0.15) is 5.39 Å². The average Bonchev–Trinajstić information content (AvgIpc) is 2.69. The Kier molecular flexibility index (Phi) is 3.66. The van der Waals surface area contributed by atoms with Crippen molar-refractivity contribution in [1.29, 1.82) is 0 Å². The van der Waals surface area contributed by atoms with Crippen molar-refractivity contribution in [1.82, 2.24) is 30.1 Å². The lowest BCUT2D eigenvalue weighted by Gasteiger charge is -2.20. The van der Waals surface area contributed by atoms with E-state index < -0.39 is 0 Å². The van der Waals surface area contributed by atoms with Crippen LogP contribution in [0, 0.1) is 0 Å². The van der Waals surface area contributed by atoms with E-state index in [0.29, 0.717) is 17.6 Å². The summed E-state index contributed by atoms with van der Waals surface area (Å²) in [5.74, 6) is 0. The third-order valence-corrected chi connectivity index (χ3v) is 2.82. The largest absolute Gasteiger partial charge is 0.312 e. The van der Waals surface area contributed by atoms with E-state index in [4.69, 9.17) is 0 Å². The van der Waals surface area contributed by atoms with Crippen LogP contribution < -0.4 is 10.9 Å². The zero-order valence-electron chi connectivity index (χ0n) is 11.8. The lowest BCUT2D eigenvalue weighted by molar-refractivity contribution is 0.404. The highest BCUT2D eigenvalue weighted by Crippen LogP contribution is 2.02. The van der Waals surface area contributed by atoms with E-state index in [-0.39, 0.29) is 11.1 Å². The smallest absolute Gasteiger partial charge is 0.280 e. The van der Waals surface area contributed by atoms with Crippen LogP contribution in [0.3, 0.4) is 0 Å². The molecule has 2 rings (SSSR count). The van der Waals surface area contributed by atoms with Gasteiger partial charge >= 0.3 is 0 Å². The molecule has 19 heavy (non-hydrogen) atoms. The first kappa shape index (κ1) is 13.7. The van der Waals surface area contributed by atoms with Gasteiger partial charge in [-0.3, -0.25) is 4.79 Å². The summed E-state index contributed by atoms with van der Waals surface area (Å²) in [6.45, 7) is 7.73. The molecule has 0 aliphatic carbocycles. The molecule has 0 bridgehead atoms. The Bertz CT molecular complexity index is 621. The third-order valence-electron chi connectivity index (χ3n) is 2.82. The predicted molar refractivity (Wildman–Crippen MR) is 72.9 cm³/mol. The second kappa shape index (κ2) is 5.08. The standard InChI is InChI=1S/C12H20N6O/c1-12(2,3)13-6-5-7-18-11(19)9-8-14-17(4)10(9)15-16-18/h8,13H,5-7H2,1-4H3. The van der Waals surface area contributed by atoms with E-state index in [1.165, 1.54) is 10.9 Å². The van der Waals surface area contributed by atoms with Gasteiger partial charge in [-0.05, 0) is 33.7 Å². The second-order valence-corrected chi connectivity index (χ2v) is 5.65. The maximum atomic E-state index is 12.1. The average molecular weight is 264 g/mol. The summed E-state index contributed by atoms with van der Waals surface area (Å²) >= 11 is 0. The second-order valence-electron chi connectivity index (χ2n) is 5.65. The van der Waals surface area contributed by atoms with Gasteiger partial charge in [-0.25, -0.2) is 9.36 Å². The van der Waals surface area contributed by atoms with Crippen LogP contribution in [0.4, 0.5) is 0 Å². The Morgan fingerprint density at radius 1 is 1.37 bits per heavy atom. The minimum absolute atomic E-state index is 0.0872. The fourth-order valence-corrected chi connectivity index (χ4v) is 1.82. The van der Waals surface area contributed by atoms with Crippen molar-refractivity contribution in [2.45, 2.75) is 39.3 Å². The first-order chi connectivity index (χ1) is 8.88. The molecule has 0 spiro atoms. The van der Waals surface area contributed by atoms with Crippen molar-refractivity contribution >= 4 is 11.0 Å². The molecule has 0 unspecified atom stereocenters. The van der Waals surface area contributed by atoms with Crippen LogP contribution in [0.1, 0.15) is 27.2 Å². The maximum Gasteiger partial charge on any atom is 0.280 e. The van der Waals surface area contributed by atoms with Crippen molar-refractivity contribution in [3.63, 3.8) is 0 Å². The predicted octanol–water partition coefficient (Wildman–Crippen LogP) is 0.303. The fraction of sp³-hybridized carbons (Fsp3) is 0.667. The van der Waals surface area contributed by atoms with Crippen LogP contribution in [0.15, 0.2) is 11.0 Å². The Labute approximate surface area is 111 Å². The zero-order valence-corrected chi connectivity index (χ0v) is 11.8. The lowest BCUT2D eigenvalue weighted by Crippen LogP contribution is -2.37. The Hall–Kier alpha value is -1.76. The molecule has 0 saturated carbocycles. The normalized spacial score (nSPS) is 12.2. The van der Waals surface area contributed by atoms with Gasteiger partial charge in [0.15, 0.2) is 5.65 Å². The van der Waals surface area contributed by atoms with Gasteiger partial charge in [0, 0.05) is 19.1 Å². The molecule has 0 atom stereocenters. The number of hydrogen-bond acceptors (Lipinski definition) is 5. The highest BCUT2D eigenvalue weighted by molar-refractivity contribution is 5.72. The Morgan fingerprint density at radius 2 is 2.11 bits per heavy atom. The van der Waals surface area contributed by atoms with E-state index >= 15 is 0 Å². The zero-order chi connectivity index (χ0) is 14.0. The lowest BCUT2D eigenvalue weighted by atomic mass is 10.1. The van der Waals surface area contributed by atoms with Crippen LogP contribution in [0.5, 0.6) is 0 Å². The van der Waals surface area contributed by atoms with E-state index in [1.807, 2.05) is 0 Å². The molecule has 7 heteroatoms. The molecular weight excluding hydrogens is 244 g/mol. The van der Waals surface area contributed by atoms with E-state index in [9.17, 15) is 4.79 Å². The van der Waals surface area contributed by atoms with E-state index in [0.717, 1.165) is 13.0 Å². The molecule has 0 fully saturated rings. The minimum atomic E-state index is -0.131. The summed E-state index contributed by atoms with van der Waals surface area (Å²) in [4.78, 5) is 12.1. The topological polar surface area (TPSA) is 77.6 Å². The molecule has 1 N–H and O–H groups in total. The van der Waals surface area contributed by atoms with Gasteiger partial charge in [0.2, 0.25) is 0 Å². The SMILES string of the molecule is Cn1ncc2c(=O)n(CCCNC(C)(C)C)nnc21. The number of nitrogens with one attached hydrogen (secondary N) is 1. The van der Waals surface area contributed by atoms with Crippen molar-refractivity contribution in [2.24, 2.45) is 7.05 Å². The highest BCUT2D eigenvalue weighted by Gasteiger charge is 2.10. The number of hydrogen-bond donors (Lipinski definition) is 1. The van der Waals surface area contributed by atoms with Gasteiger partial charge < -0.3 is 5.32 Å². The van der Waals surface area contributed by atoms with Crippen LogP contribution in [0.25, 0.3) is 11.0 Å². The van der Waals surface area contributed by atoms with E-state index in [2.05, 4.69) is 41.5 Å². The summed E-state index contributed by atoms with van der Waals surface area (Å²) in [6, 6.07) is 0. The van der Waals surface area contributed by atoms with Crippen molar-refractivity contribution < 1.29 is 0 Å². The Morgan fingerprint density at radius 3 is 2.79 bits per heavy atom. The molecule has 2 heterocycles. The van der Waals surface area contributed by atoms with Gasteiger partial charge in [0.05, 0.1) is 6.20 Å². The highest BCUT2D eigenvalue weighted by atomic mass is 16.1. The molecular formula is C12H20N6O. The quantitative estimate of drug-likeness (QED) is 0.804. The van der Waals surface area contributed by atoms with Crippen LogP contribution in [-0.4, -0.2) is 36.9 Å².